The van der Waals surface area contributed by atoms with Crippen LogP contribution in [-0.2, 0) is 4.79 Å². The van der Waals surface area contributed by atoms with Crippen LogP contribution >= 0.6 is 23.7 Å². The van der Waals surface area contributed by atoms with Crippen molar-refractivity contribution in [3.63, 3.8) is 0 Å². The van der Waals surface area contributed by atoms with E-state index in [0.717, 1.165) is 23.2 Å². The fourth-order valence-corrected chi connectivity index (χ4v) is 3.62. The lowest BCUT2D eigenvalue weighted by atomic mass is 10.1. The Morgan fingerprint density at radius 2 is 2.00 bits per heavy atom. The van der Waals surface area contributed by atoms with Gasteiger partial charge in [-0.15, -0.1) is 0 Å². The monoisotopic (exact) mass is 345 g/mol. The number of aliphatic imine (C=N–C) groups is 1. The third-order valence-electron chi connectivity index (χ3n) is 3.40. The molecule has 8 heteroatoms. The van der Waals surface area contributed by atoms with Crippen LogP contribution in [0.4, 0.5) is 5.69 Å². The number of hydrogen-bond acceptors (Lipinski definition) is 6. The van der Waals surface area contributed by atoms with Gasteiger partial charge >= 0.3 is 0 Å². The molecule has 3 rings (SSSR count). The van der Waals surface area contributed by atoms with Gasteiger partial charge in [-0.3, -0.25) is 10.2 Å². The molecular weight excluding hydrogens is 330 g/mol. The van der Waals surface area contributed by atoms with Crippen LogP contribution < -0.4 is 4.90 Å². The van der Waals surface area contributed by atoms with Gasteiger partial charge in [-0.1, -0.05) is 23.9 Å². The molecule has 0 aromatic heterocycles. The van der Waals surface area contributed by atoms with E-state index in [4.69, 9.17) is 5.41 Å². The number of amides is 1. The molecule has 2 heterocycles. The normalized spacial score (nSPS) is 18.9. The van der Waals surface area contributed by atoms with E-state index in [1.807, 2.05) is 49.5 Å². The molecule has 0 saturated carbocycles. The zero-order valence-electron chi connectivity index (χ0n) is 12.9. The highest BCUT2D eigenvalue weighted by Crippen LogP contribution is 2.31. The molecule has 2 aliphatic rings. The molecular formula is C15H15N5OS2. The lowest BCUT2D eigenvalue weighted by molar-refractivity contribution is -0.114. The van der Waals surface area contributed by atoms with Gasteiger partial charge in [0.15, 0.2) is 5.17 Å². The zero-order valence-corrected chi connectivity index (χ0v) is 14.5. The maximum absolute atomic E-state index is 12.2. The van der Waals surface area contributed by atoms with Crippen molar-refractivity contribution >= 4 is 57.6 Å². The summed E-state index contributed by atoms with van der Waals surface area (Å²) in [4.78, 5) is 19.9. The highest BCUT2D eigenvalue weighted by atomic mass is 32.2. The maximum atomic E-state index is 12.2. The average molecular weight is 345 g/mol. The van der Waals surface area contributed by atoms with Crippen molar-refractivity contribution in [2.75, 3.05) is 25.3 Å². The summed E-state index contributed by atoms with van der Waals surface area (Å²) in [6.45, 7) is 0. The van der Waals surface area contributed by atoms with Crippen molar-refractivity contribution in [2.45, 2.75) is 0 Å². The second kappa shape index (κ2) is 6.21. The van der Waals surface area contributed by atoms with Crippen molar-refractivity contribution in [1.29, 1.82) is 5.41 Å². The third kappa shape index (κ3) is 2.91. The molecule has 0 aliphatic carbocycles. The molecule has 118 valence electrons. The van der Waals surface area contributed by atoms with E-state index in [9.17, 15) is 4.79 Å². The average Bonchev–Trinajstić information content (AvgIpc) is 2.94. The number of thioether (sulfide) groups is 1. The van der Waals surface area contributed by atoms with E-state index < -0.39 is 5.91 Å². The fourth-order valence-electron chi connectivity index (χ4n) is 2.17. The zero-order chi connectivity index (χ0) is 16.6. The van der Waals surface area contributed by atoms with Crippen LogP contribution in [0.2, 0.25) is 0 Å². The maximum Gasteiger partial charge on any atom is 0.283 e. The Bertz CT molecular complexity index is 765. The number of nitrogens with one attached hydrogen (secondary N) is 1. The molecule has 0 fully saturated rings. The van der Waals surface area contributed by atoms with E-state index >= 15 is 0 Å². The van der Waals surface area contributed by atoms with Crippen molar-refractivity contribution in [1.82, 2.24) is 4.90 Å². The number of carbonyl (C=O) groups excluding carboxylic acids is 1. The van der Waals surface area contributed by atoms with Crippen LogP contribution in [-0.4, -0.2) is 47.3 Å². The number of nitrogens with zero attached hydrogens (tertiary/aromatic N) is 4. The molecule has 0 radical (unpaired) electrons. The molecule has 0 atom stereocenters. The topological polar surface area (TPSA) is 72.1 Å². The highest BCUT2D eigenvalue weighted by molar-refractivity contribution is 8.18. The van der Waals surface area contributed by atoms with Crippen LogP contribution in [0, 0.1) is 5.41 Å². The van der Waals surface area contributed by atoms with E-state index in [1.54, 1.807) is 11.0 Å². The van der Waals surface area contributed by atoms with E-state index in [0.29, 0.717) is 10.3 Å². The molecule has 1 N–H and O–H groups in total. The highest BCUT2D eigenvalue weighted by Gasteiger charge is 2.36. The molecule has 1 aromatic carbocycles. The van der Waals surface area contributed by atoms with Gasteiger partial charge in [0.05, 0.1) is 17.5 Å². The van der Waals surface area contributed by atoms with E-state index in [-0.39, 0.29) is 11.4 Å². The number of fused-ring (bicyclic) bond motifs is 1. The number of rotatable bonds is 2. The number of carbonyl (C=O) groups is 1. The SMILES string of the molecule is CSC1=NSC2=NC(=O)/C(=C\c3ccc(N(C)C)cc3)C(=N)N12. The van der Waals surface area contributed by atoms with Crippen molar-refractivity contribution in [3.8, 4) is 0 Å². The molecule has 2 aliphatic heterocycles. The van der Waals surface area contributed by atoms with Crippen LogP contribution in [0.15, 0.2) is 39.2 Å². The van der Waals surface area contributed by atoms with E-state index in [2.05, 4.69) is 9.39 Å². The quantitative estimate of drug-likeness (QED) is 0.659. The third-order valence-corrected chi connectivity index (χ3v) is 4.85. The first-order valence-electron chi connectivity index (χ1n) is 6.81. The predicted molar refractivity (Wildman–Crippen MR) is 99.3 cm³/mol. The first-order chi connectivity index (χ1) is 11.0. The van der Waals surface area contributed by atoms with Gasteiger partial charge in [0.25, 0.3) is 5.91 Å². The lowest BCUT2D eigenvalue weighted by Gasteiger charge is -2.23. The summed E-state index contributed by atoms with van der Waals surface area (Å²) in [6, 6.07) is 7.78. The standard InChI is InChI=1S/C15H15N5OS2/c1-19(2)10-6-4-9(5-7-10)8-11-12(16)20-14(17-13(11)21)23-18-15(20)22-3/h4-8,16H,1-3H3/b11-8-,16-12?. The minimum atomic E-state index is -0.400. The van der Waals surface area contributed by atoms with Crippen LogP contribution in [0.3, 0.4) is 0 Å². The molecule has 1 aromatic rings. The van der Waals surface area contributed by atoms with Gasteiger partial charge < -0.3 is 4.90 Å². The van der Waals surface area contributed by atoms with Crippen LogP contribution in [0.5, 0.6) is 0 Å². The number of amidine groups is 3. The lowest BCUT2D eigenvalue weighted by Crippen LogP contribution is -2.41. The van der Waals surface area contributed by atoms with Gasteiger partial charge in [0, 0.05) is 19.8 Å². The Morgan fingerprint density at radius 1 is 1.30 bits per heavy atom. The second-order valence-corrected chi connectivity index (χ2v) is 6.60. The fraction of sp³-hybridized carbons (Fsp3) is 0.200. The van der Waals surface area contributed by atoms with Crippen molar-refractivity contribution < 1.29 is 4.79 Å². The molecule has 0 saturated heterocycles. The predicted octanol–water partition coefficient (Wildman–Crippen LogP) is 2.69. The Kier molecular flexibility index (Phi) is 4.27. The smallest absolute Gasteiger partial charge is 0.283 e. The number of benzene rings is 1. The first-order valence-corrected chi connectivity index (χ1v) is 8.81. The first kappa shape index (κ1) is 15.8. The van der Waals surface area contributed by atoms with Gasteiger partial charge in [-0.05, 0) is 30.0 Å². The second-order valence-electron chi connectivity index (χ2n) is 5.10. The van der Waals surface area contributed by atoms with E-state index in [1.165, 1.54) is 11.8 Å². The van der Waals surface area contributed by atoms with Crippen LogP contribution in [0.1, 0.15) is 5.56 Å². The van der Waals surface area contributed by atoms with Gasteiger partial charge in [-0.2, -0.15) is 9.39 Å². The number of hydrogen-bond donors (Lipinski definition) is 1. The minimum absolute atomic E-state index is 0.120. The summed E-state index contributed by atoms with van der Waals surface area (Å²) in [6.07, 6.45) is 3.58. The Hall–Kier alpha value is -2.06. The summed E-state index contributed by atoms with van der Waals surface area (Å²) in [5, 5.41) is 9.45. The summed E-state index contributed by atoms with van der Waals surface area (Å²) in [5.41, 5.74) is 2.21. The van der Waals surface area contributed by atoms with Gasteiger partial charge in [0.2, 0.25) is 5.17 Å². The Labute approximate surface area is 143 Å². The molecule has 0 unspecified atom stereocenters. The summed E-state index contributed by atoms with van der Waals surface area (Å²) < 4.78 is 4.22. The molecule has 23 heavy (non-hydrogen) atoms. The molecule has 0 spiro atoms. The Balaban J connectivity index is 1.94. The summed E-state index contributed by atoms with van der Waals surface area (Å²) in [7, 11) is 3.94. The van der Waals surface area contributed by atoms with Crippen LogP contribution in [0.25, 0.3) is 6.08 Å². The van der Waals surface area contributed by atoms with Crippen molar-refractivity contribution in [2.24, 2.45) is 9.39 Å². The van der Waals surface area contributed by atoms with Crippen molar-refractivity contribution in [3.05, 3.63) is 35.4 Å². The molecule has 1 amide bonds. The number of anilines is 1. The van der Waals surface area contributed by atoms with Gasteiger partial charge in [-0.25, -0.2) is 4.90 Å². The van der Waals surface area contributed by atoms with Gasteiger partial charge in [0.1, 0.15) is 5.84 Å². The minimum Gasteiger partial charge on any atom is -0.378 e. The summed E-state index contributed by atoms with van der Waals surface area (Å²) in [5.74, 6) is -0.280. The largest absolute Gasteiger partial charge is 0.378 e. The molecule has 6 nitrogen and oxygen atoms in total. The Morgan fingerprint density at radius 3 is 2.61 bits per heavy atom. The summed E-state index contributed by atoms with van der Waals surface area (Å²) >= 11 is 2.55. The molecule has 0 bridgehead atoms.